The van der Waals surface area contributed by atoms with E-state index in [2.05, 4.69) is 17.2 Å². The number of rotatable bonds is 7. The average molecular weight is 277 g/mol. The fourth-order valence-corrected chi connectivity index (χ4v) is 2.78. The lowest BCUT2D eigenvalue weighted by Gasteiger charge is -2.24. The van der Waals surface area contributed by atoms with Gasteiger partial charge in [0.05, 0.1) is 0 Å². The average Bonchev–Trinajstić information content (AvgIpc) is 2.47. The van der Waals surface area contributed by atoms with Gasteiger partial charge in [0.1, 0.15) is 6.10 Å². The topological polar surface area (TPSA) is 47.0 Å². The Morgan fingerprint density at radius 1 is 1.45 bits per heavy atom. The Hall–Kier alpha value is -1.00. The van der Waals surface area contributed by atoms with Crippen molar-refractivity contribution in [2.75, 3.05) is 19.7 Å². The minimum absolute atomic E-state index is 0.00533. The van der Waals surface area contributed by atoms with Crippen molar-refractivity contribution in [3.8, 4) is 0 Å². The minimum Gasteiger partial charge on any atom is -0.371 e. The van der Waals surface area contributed by atoms with Gasteiger partial charge in [-0.15, -0.1) is 0 Å². The lowest BCUT2D eigenvalue weighted by Crippen LogP contribution is -2.28. The lowest BCUT2D eigenvalue weighted by molar-refractivity contribution is 0.0697. The highest BCUT2D eigenvalue weighted by molar-refractivity contribution is 5.22. The van der Waals surface area contributed by atoms with Gasteiger partial charge < -0.3 is 10.1 Å². The Labute approximate surface area is 122 Å². The Bertz CT molecular complexity index is 422. The van der Waals surface area contributed by atoms with Gasteiger partial charge in [0.2, 0.25) is 0 Å². The summed E-state index contributed by atoms with van der Waals surface area (Å²) in [5.74, 6) is 1.56. The summed E-state index contributed by atoms with van der Waals surface area (Å²) in [4.78, 5) is 9.19. The first kappa shape index (κ1) is 15.4. The van der Waals surface area contributed by atoms with E-state index in [4.69, 9.17) is 9.72 Å². The van der Waals surface area contributed by atoms with Gasteiger partial charge in [0.25, 0.3) is 0 Å². The largest absolute Gasteiger partial charge is 0.371 e. The molecule has 4 nitrogen and oxygen atoms in total. The molecule has 0 saturated heterocycles. The van der Waals surface area contributed by atoms with E-state index in [1.54, 1.807) is 0 Å². The van der Waals surface area contributed by atoms with Crippen LogP contribution in [0.2, 0.25) is 0 Å². The van der Waals surface area contributed by atoms with Crippen molar-refractivity contribution in [3.05, 3.63) is 23.3 Å². The molecule has 1 aromatic heterocycles. The summed E-state index contributed by atoms with van der Waals surface area (Å²) in [5.41, 5.74) is 2.56. The van der Waals surface area contributed by atoms with Crippen LogP contribution in [0.3, 0.4) is 0 Å². The minimum atomic E-state index is -0.00533. The van der Waals surface area contributed by atoms with Crippen LogP contribution in [0.5, 0.6) is 0 Å². The molecule has 0 aliphatic heterocycles. The number of hydrogen-bond donors (Lipinski definition) is 1. The quantitative estimate of drug-likeness (QED) is 0.778. The second-order valence-electron chi connectivity index (χ2n) is 5.61. The van der Waals surface area contributed by atoms with E-state index in [-0.39, 0.29) is 6.10 Å². The van der Waals surface area contributed by atoms with Crippen molar-refractivity contribution < 1.29 is 4.74 Å². The third kappa shape index (κ3) is 4.00. The maximum absolute atomic E-state index is 5.57. The zero-order valence-corrected chi connectivity index (χ0v) is 13.0. The monoisotopic (exact) mass is 277 g/mol. The Morgan fingerprint density at radius 3 is 3.05 bits per heavy atom. The summed E-state index contributed by atoms with van der Waals surface area (Å²) in [6.45, 7) is 9.16. The number of fused-ring (bicyclic) bond motifs is 1. The predicted octanol–water partition coefficient (Wildman–Crippen LogP) is 2.68. The molecule has 2 rings (SSSR count). The number of nitrogens with one attached hydrogen (secondary N) is 1. The van der Waals surface area contributed by atoms with Crippen molar-refractivity contribution in [3.63, 3.8) is 0 Å². The molecule has 2 atom stereocenters. The van der Waals surface area contributed by atoms with Crippen molar-refractivity contribution in [2.24, 2.45) is 5.92 Å². The van der Waals surface area contributed by atoms with E-state index in [1.807, 2.05) is 20.0 Å². The summed E-state index contributed by atoms with van der Waals surface area (Å²) >= 11 is 0. The molecule has 0 amide bonds. The molecule has 1 aromatic rings. The second kappa shape index (κ2) is 7.70. The lowest BCUT2D eigenvalue weighted by atomic mass is 9.87. The highest BCUT2D eigenvalue weighted by Gasteiger charge is 2.21. The van der Waals surface area contributed by atoms with Gasteiger partial charge in [-0.2, -0.15) is 0 Å². The molecular formula is C16H27N3O. The van der Waals surface area contributed by atoms with E-state index in [9.17, 15) is 0 Å². The molecule has 0 radical (unpaired) electrons. The van der Waals surface area contributed by atoms with E-state index >= 15 is 0 Å². The molecule has 0 spiro atoms. The summed E-state index contributed by atoms with van der Waals surface area (Å²) < 4.78 is 5.57. The maximum Gasteiger partial charge on any atom is 0.157 e. The van der Waals surface area contributed by atoms with Crippen molar-refractivity contribution in [2.45, 2.75) is 52.6 Å². The van der Waals surface area contributed by atoms with Crippen LogP contribution < -0.4 is 5.32 Å². The molecule has 0 aromatic carbocycles. The van der Waals surface area contributed by atoms with Crippen LogP contribution in [0.25, 0.3) is 0 Å². The highest BCUT2D eigenvalue weighted by atomic mass is 16.5. The first-order valence-corrected chi connectivity index (χ1v) is 7.91. The van der Waals surface area contributed by atoms with Crippen LogP contribution in [0, 0.1) is 5.92 Å². The molecule has 0 fully saturated rings. The van der Waals surface area contributed by atoms with Crippen LogP contribution in [-0.4, -0.2) is 29.7 Å². The number of aromatic nitrogens is 2. The zero-order valence-electron chi connectivity index (χ0n) is 13.0. The normalized spacial score (nSPS) is 19.6. The van der Waals surface area contributed by atoms with Gasteiger partial charge in [-0.25, -0.2) is 9.97 Å². The van der Waals surface area contributed by atoms with Crippen LogP contribution >= 0.6 is 0 Å². The van der Waals surface area contributed by atoms with Crippen molar-refractivity contribution >= 4 is 0 Å². The van der Waals surface area contributed by atoms with Crippen molar-refractivity contribution in [1.29, 1.82) is 0 Å². The molecule has 1 aliphatic rings. The van der Waals surface area contributed by atoms with E-state index in [0.29, 0.717) is 6.61 Å². The number of aryl methyl sites for hydroxylation is 1. The molecule has 20 heavy (non-hydrogen) atoms. The number of ether oxygens (including phenoxy) is 1. The van der Waals surface area contributed by atoms with E-state index in [1.165, 1.54) is 24.1 Å². The summed E-state index contributed by atoms with van der Waals surface area (Å²) in [5, 5.41) is 3.52. The van der Waals surface area contributed by atoms with Gasteiger partial charge in [-0.3, -0.25) is 0 Å². The maximum atomic E-state index is 5.57. The number of nitrogens with zero attached hydrogens (tertiary/aromatic N) is 2. The fourth-order valence-electron chi connectivity index (χ4n) is 2.78. The molecule has 4 heteroatoms. The predicted molar refractivity (Wildman–Crippen MR) is 80.7 cm³/mol. The number of hydrogen-bond acceptors (Lipinski definition) is 4. The summed E-state index contributed by atoms with van der Waals surface area (Å²) in [6.07, 6.45) is 6.61. The van der Waals surface area contributed by atoms with Crippen molar-refractivity contribution in [1.82, 2.24) is 15.3 Å². The Balaban J connectivity index is 1.96. The third-order valence-corrected chi connectivity index (χ3v) is 3.91. The summed E-state index contributed by atoms with van der Waals surface area (Å²) in [7, 11) is 0. The third-order valence-electron chi connectivity index (χ3n) is 3.91. The molecule has 0 saturated carbocycles. The molecule has 112 valence electrons. The Kier molecular flexibility index (Phi) is 5.92. The van der Waals surface area contributed by atoms with Gasteiger partial charge in [-0.1, -0.05) is 6.92 Å². The van der Waals surface area contributed by atoms with E-state index in [0.717, 1.165) is 37.7 Å². The van der Waals surface area contributed by atoms with Gasteiger partial charge >= 0.3 is 0 Å². The van der Waals surface area contributed by atoms with Crippen LogP contribution in [-0.2, 0) is 17.6 Å². The molecule has 1 aliphatic carbocycles. The molecule has 1 N–H and O–H groups in total. The van der Waals surface area contributed by atoms with Gasteiger partial charge in [0, 0.05) is 18.5 Å². The summed E-state index contributed by atoms with van der Waals surface area (Å²) in [6, 6.07) is 0. The first-order chi connectivity index (χ1) is 9.74. The fraction of sp³-hybridized carbons (Fsp3) is 0.750. The standard InChI is InChI=1S/C16H27N3O/c1-4-8-17-10-13-6-7-15-14(9-13)11-18-16(19-15)12(3)20-5-2/h11-13,17H,4-10H2,1-3H3. The smallest absolute Gasteiger partial charge is 0.157 e. The highest BCUT2D eigenvalue weighted by Crippen LogP contribution is 2.24. The SMILES string of the molecule is CCCNCC1CCc2nc(C(C)OCC)ncc2C1. The zero-order chi connectivity index (χ0) is 14.4. The van der Waals surface area contributed by atoms with Gasteiger partial charge in [-0.05, 0) is 64.1 Å². The molecule has 2 unspecified atom stereocenters. The first-order valence-electron chi connectivity index (χ1n) is 7.91. The van der Waals surface area contributed by atoms with Crippen LogP contribution in [0.4, 0.5) is 0 Å². The second-order valence-corrected chi connectivity index (χ2v) is 5.61. The molecule has 1 heterocycles. The van der Waals surface area contributed by atoms with Crippen LogP contribution in [0.15, 0.2) is 6.20 Å². The van der Waals surface area contributed by atoms with Gasteiger partial charge in [0.15, 0.2) is 5.82 Å². The Morgan fingerprint density at radius 2 is 2.30 bits per heavy atom. The van der Waals surface area contributed by atoms with Crippen LogP contribution in [0.1, 0.15) is 56.8 Å². The molecule has 0 bridgehead atoms. The van der Waals surface area contributed by atoms with E-state index < -0.39 is 0 Å². The molecular weight excluding hydrogens is 250 g/mol.